The first-order valence-corrected chi connectivity index (χ1v) is 9.72. The molecule has 7 nitrogen and oxygen atoms in total. The van der Waals surface area contributed by atoms with Crippen LogP contribution >= 0.6 is 11.6 Å². The predicted octanol–water partition coefficient (Wildman–Crippen LogP) is 3.93. The van der Waals surface area contributed by atoms with E-state index in [9.17, 15) is 10.1 Å². The molecule has 0 amide bonds. The van der Waals surface area contributed by atoms with Crippen LogP contribution in [0.4, 0.5) is 17.1 Å². The molecule has 2 aromatic rings. The van der Waals surface area contributed by atoms with E-state index in [-0.39, 0.29) is 10.6 Å². The standard InChI is InChI=1S/C20H25ClN4O3/c1-14-12-24(13-15(2)23-14)17-5-8-20(25(26)27)19(11-17)22-9-10-28-18-6-3-16(21)4-7-18/h3-8,11,14-15,22-23H,9-10,12-13H2,1-2H3. The molecular formula is C20H25ClN4O3. The lowest BCUT2D eigenvalue weighted by atomic mass is 10.1. The van der Waals surface area contributed by atoms with Crippen molar-refractivity contribution in [1.29, 1.82) is 0 Å². The van der Waals surface area contributed by atoms with Gasteiger partial charge in [0.15, 0.2) is 0 Å². The van der Waals surface area contributed by atoms with Gasteiger partial charge in [-0.05, 0) is 50.2 Å². The summed E-state index contributed by atoms with van der Waals surface area (Å²) in [6.45, 7) is 6.83. The van der Waals surface area contributed by atoms with E-state index in [0.717, 1.165) is 18.8 Å². The summed E-state index contributed by atoms with van der Waals surface area (Å²) >= 11 is 5.86. The van der Waals surface area contributed by atoms with E-state index in [1.165, 1.54) is 0 Å². The Morgan fingerprint density at radius 1 is 1.21 bits per heavy atom. The third-order valence-electron chi connectivity index (χ3n) is 4.60. The monoisotopic (exact) mass is 404 g/mol. The van der Waals surface area contributed by atoms with E-state index < -0.39 is 0 Å². The number of halogens is 1. The molecule has 1 aliphatic rings. The van der Waals surface area contributed by atoms with Crippen molar-refractivity contribution in [1.82, 2.24) is 5.32 Å². The second kappa shape index (κ2) is 9.12. The Balaban J connectivity index is 1.66. The summed E-state index contributed by atoms with van der Waals surface area (Å²) in [5, 5.41) is 18.7. The molecule has 1 fully saturated rings. The summed E-state index contributed by atoms with van der Waals surface area (Å²) in [7, 11) is 0. The maximum Gasteiger partial charge on any atom is 0.292 e. The molecule has 2 unspecified atom stereocenters. The Kier molecular flexibility index (Phi) is 6.59. The van der Waals surface area contributed by atoms with E-state index in [1.807, 2.05) is 12.1 Å². The van der Waals surface area contributed by atoms with Crippen LogP contribution in [0.15, 0.2) is 42.5 Å². The Morgan fingerprint density at radius 3 is 2.54 bits per heavy atom. The maximum absolute atomic E-state index is 11.4. The van der Waals surface area contributed by atoms with Crippen LogP contribution in [0.3, 0.4) is 0 Å². The molecule has 0 aliphatic carbocycles. The zero-order valence-corrected chi connectivity index (χ0v) is 16.8. The van der Waals surface area contributed by atoms with Crippen LogP contribution in [0, 0.1) is 10.1 Å². The number of nitro groups is 1. The minimum Gasteiger partial charge on any atom is -0.492 e. The van der Waals surface area contributed by atoms with Crippen molar-refractivity contribution >= 4 is 28.7 Å². The van der Waals surface area contributed by atoms with Gasteiger partial charge in [-0.1, -0.05) is 11.6 Å². The van der Waals surface area contributed by atoms with Crippen molar-refractivity contribution < 1.29 is 9.66 Å². The highest BCUT2D eigenvalue weighted by Gasteiger charge is 2.23. The predicted molar refractivity (Wildman–Crippen MR) is 113 cm³/mol. The second-order valence-corrected chi connectivity index (χ2v) is 7.50. The molecule has 0 saturated carbocycles. The maximum atomic E-state index is 11.4. The number of hydrogen-bond donors (Lipinski definition) is 2. The summed E-state index contributed by atoms with van der Waals surface area (Å²) in [6.07, 6.45) is 0. The minimum absolute atomic E-state index is 0.0616. The lowest BCUT2D eigenvalue weighted by Crippen LogP contribution is -2.54. The van der Waals surface area contributed by atoms with E-state index in [2.05, 4.69) is 29.4 Å². The first-order chi connectivity index (χ1) is 13.4. The molecule has 2 N–H and O–H groups in total. The number of piperazine rings is 1. The van der Waals surface area contributed by atoms with Gasteiger partial charge >= 0.3 is 0 Å². The molecule has 1 heterocycles. The third-order valence-corrected chi connectivity index (χ3v) is 4.85. The highest BCUT2D eigenvalue weighted by atomic mass is 35.5. The molecule has 2 atom stereocenters. The number of hydrogen-bond acceptors (Lipinski definition) is 6. The van der Waals surface area contributed by atoms with Crippen molar-refractivity contribution in [2.45, 2.75) is 25.9 Å². The van der Waals surface area contributed by atoms with Crippen LogP contribution in [0.25, 0.3) is 0 Å². The van der Waals surface area contributed by atoms with Gasteiger partial charge in [0.05, 0.1) is 4.92 Å². The van der Waals surface area contributed by atoms with Crippen LogP contribution in [0.5, 0.6) is 5.75 Å². The van der Waals surface area contributed by atoms with E-state index >= 15 is 0 Å². The Morgan fingerprint density at radius 2 is 1.89 bits per heavy atom. The normalized spacial score (nSPS) is 19.3. The number of nitrogens with zero attached hydrogens (tertiary/aromatic N) is 2. The average Bonchev–Trinajstić information content (AvgIpc) is 2.65. The zero-order valence-electron chi connectivity index (χ0n) is 16.0. The molecule has 1 saturated heterocycles. The van der Waals surface area contributed by atoms with Gasteiger partial charge in [0.1, 0.15) is 18.0 Å². The molecule has 0 aromatic heterocycles. The van der Waals surface area contributed by atoms with Crippen LogP contribution in [0.1, 0.15) is 13.8 Å². The molecule has 150 valence electrons. The fourth-order valence-corrected chi connectivity index (χ4v) is 3.57. The molecule has 1 aliphatic heterocycles. The fourth-order valence-electron chi connectivity index (χ4n) is 3.44. The fraction of sp³-hybridized carbons (Fsp3) is 0.400. The second-order valence-electron chi connectivity index (χ2n) is 7.06. The number of ether oxygens (including phenoxy) is 1. The molecule has 0 radical (unpaired) electrons. The summed E-state index contributed by atoms with van der Waals surface area (Å²) in [6, 6.07) is 13.1. The number of benzene rings is 2. The summed E-state index contributed by atoms with van der Waals surface area (Å²) < 4.78 is 5.65. The van der Waals surface area contributed by atoms with Gasteiger partial charge in [-0.15, -0.1) is 0 Å². The lowest BCUT2D eigenvalue weighted by molar-refractivity contribution is -0.383. The first kappa shape index (κ1) is 20.2. The van der Waals surface area contributed by atoms with Crippen LogP contribution in [-0.2, 0) is 0 Å². The minimum atomic E-state index is -0.366. The van der Waals surface area contributed by atoms with Gasteiger partial charge < -0.3 is 20.3 Å². The smallest absolute Gasteiger partial charge is 0.292 e. The van der Waals surface area contributed by atoms with Crippen LogP contribution < -0.4 is 20.3 Å². The summed E-state index contributed by atoms with van der Waals surface area (Å²) in [4.78, 5) is 13.3. The summed E-state index contributed by atoms with van der Waals surface area (Å²) in [5.74, 6) is 0.707. The molecule has 0 bridgehead atoms. The van der Waals surface area contributed by atoms with Crippen molar-refractivity contribution in [2.75, 3.05) is 36.5 Å². The Labute approximate surface area is 169 Å². The molecule has 28 heavy (non-hydrogen) atoms. The number of nitrogens with one attached hydrogen (secondary N) is 2. The highest BCUT2D eigenvalue weighted by molar-refractivity contribution is 6.30. The van der Waals surface area contributed by atoms with Crippen LogP contribution in [-0.4, -0.2) is 43.2 Å². The van der Waals surface area contributed by atoms with Gasteiger partial charge in [-0.25, -0.2) is 0 Å². The number of rotatable bonds is 7. The van der Waals surface area contributed by atoms with Gasteiger partial charge in [-0.2, -0.15) is 0 Å². The summed E-state index contributed by atoms with van der Waals surface area (Å²) in [5.41, 5.74) is 1.54. The van der Waals surface area contributed by atoms with Gasteiger partial charge in [0.25, 0.3) is 5.69 Å². The number of anilines is 2. The van der Waals surface area contributed by atoms with E-state index in [1.54, 1.807) is 30.3 Å². The number of nitro benzene ring substituents is 1. The van der Waals surface area contributed by atoms with Crippen molar-refractivity contribution in [3.8, 4) is 5.75 Å². The molecular weight excluding hydrogens is 380 g/mol. The lowest BCUT2D eigenvalue weighted by Gasteiger charge is -2.37. The Hall–Kier alpha value is -2.51. The SMILES string of the molecule is CC1CN(c2ccc([N+](=O)[O-])c(NCCOc3ccc(Cl)cc3)c2)CC(C)N1. The largest absolute Gasteiger partial charge is 0.492 e. The zero-order chi connectivity index (χ0) is 20.1. The van der Waals surface area contributed by atoms with Gasteiger partial charge in [-0.3, -0.25) is 10.1 Å². The quantitative estimate of drug-likeness (QED) is 0.413. The molecule has 0 spiro atoms. The van der Waals surface area contributed by atoms with Crippen molar-refractivity contribution in [2.24, 2.45) is 0 Å². The molecule has 8 heteroatoms. The third kappa shape index (κ3) is 5.27. The van der Waals surface area contributed by atoms with Crippen LogP contribution in [0.2, 0.25) is 5.02 Å². The van der Waals surface area contributed by atoms with Gasteiger partial charge in [0, 0.05) is 48.5 Å². The van der Waals surface area contributed by atoms with E-state index in [4.69, 9.17) is 16.3 Å². The Bertz CT molecular complexity index is 806. The molecule has 3 rings (SSSR count). The van der Waals surface area contributed by atoms with Crippen molar-refractivity contribution in [3.63, 3.8) is 0 Å². The van der Waals surface area contributed by atoms with Crippen molar-refractivity contribution in [3.05, 3.63) is 57.6 Å². The highest BCUT2D eigenvalue weighted by Crippen LogP contribution is 2.30. The average molecular weight is 405 g/mol. The topological polar surface area (TPSA) is 79.7 Å². The van der Waals surface area contributed by atoms with Gasteiger partial charge in [0.2, 0.25) is 0 Å². The molecule has 2 aromatic carbocycles. The first-order valence-electron chi connectivity index (χ1n) is 9.34. The van der Waals surface area contributed by atoms with E-state index in [0.29, 0.717) is 41.7 Å².